The number of rotatable bonds is 6. The summed E-state index contributed by atoms with van der Waals surface area (Å²) in [5.74, 6) is 0.130. The number of methoxy groups -OCH3 is 1. The SMILES string of the molecule is COc1cccc(CN2CCCC2CNC2CC2)c1F. The van der Waals surface area contributed by atoms with Gasteiger partial charge in [0.15, 0.2) is 11.6 Å². The molecule has 1 aliphatic carbocycles. The summed E-state index contributed by atoms with van der Waals surface area (Å²) < 4.78 is 19.3. The van der Waals surface area contributed by atoms with Gasteiger partial charge in [-0.3, -0.25) is 4.90 Å². The van der Waals surface area contributed by atoms with Gasteiger partial charge in [0.05, 0.1) is 7.11 Å². The highest BCUT2D eigenvalue weighted by atomic mass is 19.1. The van der Waals surface area contributed by atoms with E-state index >= 15 is 0 Å². The van der Waals surface area contributed by atoms with Gasteiger partial charge >= 0.3 is 0 Å². The van der Waals surface area contributed by atoms with Crippen LogP contribution in [0.1, 0.15) is 31.2 Å². The molecule has 1 heterocycles. The van der Waals surface area contributed by atoms with Gasteiger partial charge in [-0.1, -0.05) is 12.1 Å². The highest BCUT2D eigenvalue weighted by Gasteiger charge is 2.28. The maximum Gasteiger partial charge on any atom is 0.169 e. The van der Waals surface area contributed by atoms with Crippen molar-refractivity contribution in [3.63, 3.8) is 0 Å². The molecule has 3 nitrogen and oxygen atoms in total. The molecule has 0 spiro atoms. The zero-order valence-corrected chi connectivity index (χ0v) is 12.1. The summed E-state index contributed by atoms with van der Waals surface area (Å²) >= 11 is 0. The first-order chi connectivity index (χ1) is 9.78. The lowest BCUT2D eigenvalue weighted by molar-refractivity contribution is 0.234. The van der Waals surface area contributed by atoms with E-state index < -0.39 is 0 Å². The zero-order chi connectivity index (χ0) is 13.9. The fourth-order valence-corrected chi connectivity index (χ4v) is 2.98. The molecule has 20 heavy (non-hydrogen) atoms. The van der Waals surface area contributed by atoms with Gasteiger partial charge in [-0.05, 0) is 38.3 Å². The monoisotopic (exact) mass is 278 g/mol. The van der Waals surface area contributed by atoms with Crippen LogP contribution in [0.4, 0.5) is 4.39 Å². The minimum Gasteiger partial charge on any atom is -0.494 e. The van der Waals surface area contributed by atoms with Crippen molar-refractivity contribution in [3.05, 3.63) is 29.6 Å². The van der Waals surface area contributed by atoms with Crippen LogP contribution in [0.15, 0.2) is 18.2 Å². The third kappa shape index (κ3) is 3.13. The molecule has 1 atom stereocenters. The van der Waals surface area contributed by atoms with E-state index in [2.05, 4.69) is 10.2 Å². The summed E-state index contributed by atoms with van der Waals surface area (Å²) in [5.41, 5.74) is 0.739. The molecule has 0 aromatic heterocycles. The van der Waals surface area contributed by atoms with Gasteiger partial charge in [0, 0.05) is 30.7 Å². The number of hydrogen-bond acceptors (Lipinski definition) is 3. The maximum absolute atomic E-state index is 14.2. The quantitative estimate of drug-likeness (QED) is 0.865. The minimum absolute atomic E-state index is 0.212. The van der Waals surface area contributed by atoms with Crippen LogP contribution < -0.4 is 10.1 Å². The Bertz CT molecular complexity index is 462. The van der Waals surface area contributed by atoms with E-state index in [0.29, 0.717) is 18.3 Å². The van der Waals surface area contributed by atoms with Gasteiger partial charge in [0.2, 0.25) is 0 Å². The van der Waals surface area contributed by atoms with Gasteiger partial charge in [-0.2, -0.15) is 0 Å². The Morgan fingerprint density at radius 2 is 2.20 bits per heavy atom. The fourth-order valence-electron chi connectivity index (χ4n) is 2.98. The molecule has 1 N–H and O–H groups in total. The Balaban J connectivity index is 1.63. The van der Waals surface area contributed by atoms with Gasteiger partial charge in [0.25, 0.3) is 0 Å². The van der Waals surface area contributed by atoms with Crippen LogP contribution in [0.3, 0.4) is 0 Å². The molecule has 1 aromatic rings. The van der Waals surface area contributed by atoms with Crippen LogP contribution in [-0.4, -0.2) is 37.2 Å². The molecule has 1 aromatic carbocycles. The maximum atomic E-state index is 14.2. The number of hydrogen-bond donors (Lipinski definition) is 1. The molecule has 0 bridgehead atoms. The van der Waals surface area contributed by atoms with E-state index in [1.54, 1.807) is 6.07 Å². The van der Waals surface area contributed by atoms with Crippen molar-refractivity contribution in [3.8, 4) is 5.75 Å². The van der Waals surface area contributed by atoms with Crippen molar-refractivity contribution < 1.29 is 9.13 Å². The van der Waals surface area contributed by atoms with E-state index in [1.807, 2.05) is 12.1 Å². The van der Waals surface area contributed by atoms with E-state index in [9.17, 15) is 4.39 Å². The average Bonchev–Trinajstić information content (AvgIpc) is 3.19. The summed E-state index contributed by atoms with van der Waals surface area (Å²) in [6.45, 7) is 2.78. The van der Waals surface area contributed by atoms with Crippen molar-refractivity contribution in [1.82, 2.24) is 10.2 Å². The largest absolute Gasteiger partial charge is 0.494 e. The second-order valence-corrected chi connectivity index (χ2v) is 5.88. The molecular formula is C16H23FN2O. The van der Waals surface area contributed by atoms with E-state index in [0.717, 1.165) is 24.7 Å². The molecule has 2 aliphatic rings. The minimum atomic E-state index is -0.212. The lowest BCUT2D eigenvalue weighted by Crippen LogP contribution is -2.38. The molecule has 0 amide bonds. The van der Waals surface area contributed by atoms with Crippen molar-refractivity contribution in [1.29, 1.82) is 0 Å². The second-order valence-electron chi connectivity index (χ2n) is 5.88. The molecule has 3 rings (SSSR count). The van der Waals surface area contributed by atoms with Crippen LogP contribution in [0.25, 0.3) is 0 Å². The summed E-state index contributed by atoms with van der Waals surface area (Å²) in [6.07, 6.45) is 5.06. The summed E-state index contributed by atoms with van der Waals surface area (Å²) in [5, 5.41) is 3.59. The molecular weight excluding hydrogens is 255 g/mol. The molecule has 2 fully saturated rings. The fraction of sp³-hybridized carbons (Fsp3) is 0.625. The molecule has 1 saturated carbocycles. The van der Waals surface area contributed by atoms with Crippen molar-refractivity contribution in [2.24, 2.45) is 0 Å². The number of nitrogens with zero attached hydrogens (tertiary/aromatic N) is 1. The van der Waals surface area contributed by atoms with Crippen LogP contribution in [0.2, 0.25) is 0 Å². The van der Waals surface area contributed by atoms with Crippen molar-refractivity contribution >= 4 is 0 Å². The van der Waals surface area contributed by atoms with Crippen molar-refractivity contribution in [2.75, 3.05) is 20.2 Å². The van der Waals surface area contributed by atoms with E-state index in [-0.39, 0.29) is 5.82 Å². The highest BCUT2D eigenvalue weighted by molar-refractivity contribution is 5.31. The standard InChI is InChI=1S/C16H23FN2O/c1-20-15-6-2-4-12(16(15)17)11-19-9-3-5-14(19)10-18-13-7-8-13/h2,4,6,13-14,18H,3,5,7-11H2,1H3. The Morgan fingerprint density at radius 1 is 1.35 bits per heavy atom. The van der Waals surface area contributed by atoms with E-state index in [1.165, 1.54) is 32.8 Å². The topological polar surface area (TPSA) is 24.5 Å². The third-order valence-corrected chi connectivity index (χ3v) is 4.36. The Kier molecular flexibility index (Phi) is 4.22. The zero-order valence-electron chi connectivity index (χ0n) is 12.1. The van der Waals surface area contributed by atoms with Gasteiger partial charge in [-0.15, -0.1) is 0 Å². The average molecular weight is 278 g/mol. The predicted molar refractivity (Wildman–Crippen MR) is 77.4 cm³/mol. The van der Waals surface area contributed by atoms with Crippen LogP contribution in [0.5, 0.6) is 5.75 Å². The van der Waals surface area contributed by atoms with Gasteiger partial charge < -0.3 is 10.1 Å². The smallest absolute Gasteiger partial charge is 0.169 e. The van der Waals surface area contributed by atoms with Crippen LogP contribution in [0, 0.1) is 5.82 Å². The third-order valence-electron chi connectivity index (χ3n) is 4.36. The number of ether oxygens (including phenoxy) is 1. The number of likely N-dealkylation sites (tertiary alicyclic amines) is 1. The molecule has 1 unspecified atom stereocenters. The summed E-state index contributed by atoms with van der Waals surface area (Å²) in [6, 6.07) is 6.69. The first-order valence-corrected chi connectivity index (χ1v) is 7.56. The molecule has 1 aliphatic heterocycles. The first kappa shape index (κ1) is 13.8. The lowest BCUT2D eigenvalue weighted by atomic mass is 10.1. The molecule has 0 radical (unpaired) electrons. The predicted octanol–water partition coefficient (Wildman–Crippen LogP) is 2.55. The van der Waals surface area contributed by atoms with E-state index in [4.69, 9.17) is 4.74 Å². The number of nitrogens with one attached hydrogen (secondary N) is 1. The Hall–Kier alpha value is -1.13. The molecule has 4 heteroatoms. The molecule has 1 saturated heterocycles. The van der Waals surface area contributed by atoms with Crippen LogP contribution >= 0.6 is 0 Å². The normalized spacial score (nSPS) is 23.2. The highest BCUT2D eigenvalue weighted by Crippen LogP contribution is 2.26. The Morgan fingerprint density at radius 3 is 2.95 bits per heavy atom. The molecule has 110 valence electrons. The Labute approximate surface area is 120 Å². The van der Waals surface area contributed by atoms with Crippen LogP contribution in [-0.2, 0) is 6.54 Å². The van der Waals surface area contributed by atoms with Gasteiger partial charge in [0.1, 0.15) is 0 Å². The number of benzene rings is 1. The summed E-state index contributed by atoms with van der Waals surface area (Å²) in [4.78, 5) is 2.40. The second kappa shape index (κ2) is 6.10. The lowest BCUT2D eigenvalue weighted by Gasteiger charge is -2.25. The number of halogens is 1. The van der Waals surface area contributed by atoms with Gasteiger partial charge in [-0.25, -0.2) is 4.39 Å². The first-order valence-electron chi connectivity index (χ1n) is 7.56. The van der Waals surface area contributed by atoms with Crippen molar-refractivity contribution in [2.45, 2.75) is 44.3 Å². The summed E-state index contributed by atoms with van der Waals surface area (Å²) in [7, 11) is 1.51.